The Bertz CT molecular complexity index is 372. The number of ether oxygens (including phenoxy) is 2. The monoisotopic (exact) mass is 210 g/mol. The summed E-state index contributed by atoms with van der Waals surface area (Å²) in [6.07, 6.45) is 0.460. The molecule has 0 unspecified atom stereocenters. The zero-order valence-electron chi connectivity index (χ0n) is 8.10. The first-order valence-electron chi connectivity index (χ1n) is 4.15. The molecule has 0 aliphatic rings. The molecule has 0 bridgehead atoms. The van der Waals surface area contributed by atoms with Gasteiger partial charge in [0, 0.05) is 0 Å². The zero-order valence-corrected chi connectivity index (χ0v) is 8.10. The van der Waals surface area contributed by atoms with Crippen molar-refractivity contribution in [3.05, 3.63) is 23.8 Å². The van der Waals surface area contributed by atoms with E-state index >= 15 is 0 Å². The van der Waals surface area contributed by atoms with Crippen molar-refractivity contribution in [1.29, 1.82) is 0 Å². The number of esters is 1. The van der Waals surface area contributed by atoms with E-state index in [1.165, 1.54) is 25.3 Å². The second kappa shape index (κ2) is 4.99. The summed E-state index contributed by atoms with van der Waals surface area (Å²) in [5.41, 5.74) is 0.0152. The largest absolute Gasteiger partial charge is 0.507 e. The standard InChI is InChI=1S/C10H10O5/c1-14-10(13)6-15-9-4-2-3-8(12)7(9)5-11/h2-5,12H,6H2,1H3. The van der Waals surface area contributed by atoms with E-state index in [0.29, 0.717) is 6.29 Å². The summed E-state index contributed by atoms with van der Waals surface area (Å²) < 4.78 is 9.36. The molecule has 1 rings (SSSR count). The second-order valence-electron chi connectivity index (χ2n) is 2.67. The van der Waals surface area contributed by atoms with Gasteiger partial charge in [0.05, 0.1) is 12.7 Å². The van der Waals surface area contributed by atoms with E-state index < -0.39 is 5.97 Å². The van der Waals surface area contributed by atoms with Gasteiger partial charge in [0.15, 0.2) is 12.9 Å². The quantitative estimate of drug-likeness (QED) is 0.586. The fourth-order valence-electron chi connectivity index (χ4n) is 0.972. The van der Waals surface area contributed by atoms with Crippen LogP contribution in [0, 0.1) is 0 Å². The minimum Gasteiger partial charge on any atom is -0.507 e. The molecule has 0 amide bonds. The topological polar surface area (TPSA) is 72.8 Å². The van der Waals surface area contributed by atoms with E-state index in [0.717, 1.165) is 0 Å². The highest BCUT2D eigenvalue weighted by atomic mass is 16.6. The molecule has 0 fully saturated rings. The van der Waals surface area contributed by atoms with Gasteiger partial charge < -0.3 is 14.6 Å². The molecule has 0 saturated heterocycles. The molecule has 1 N–H and O–H groups in total. The number of benzene rings is 1. The Labute approximate surface area is 86.2 Å². The highest BCUT2D eigenvalue weighted by Crippen LogP contribution is 2.25. The maximum atomic E-state index is 10.8. The third-order valence-corrected chi connectivity index (χ3v) is 1.73. The average Bonchev–Trinajstić information content (AvgIpc) is 2.25. The van der Waals surface area contributed by atoms with Gasteiger partial charge in [-0.2, -0.15) is 0 Å². The molecule has 15 heavy (non-hydrogen) atoms. The lowest BCUT2D eigenvalue weighted by atomic mass is 10.2. The van der Waals surface area contributed by atoms with Crippen LogP contribution in [0.15, 0.2) is 18.2 Å². The van der Waals surface area contributed by atoms with Gasteiger partial charge in [0.1, 0.15) is 11.5 Å². The molecule has 0 heterocycles. The molecule has 0 aliphatic heterocycles. The van der Waals surface area contributed by atoms with Crippen LogP contribution in [0.5, 0.6) is 11.5 Å². The fourth-order valence-corrected chi connectivity index (χ4v) is 0.972. The van der Waals surface area contributed by atoms with Crippen LogP contribution in [-0.2, 0) is 9.53 Å². The van der Waals surface area contributed by atoms with Gasteiger partial charge in [-0.25, -0.2) is 4.79 Å². The number of carbonyl (C=O) groups excluding carboxylic acids is 2. The minimum absolute atomic E-state index is 0.0152. The second-order valence-corrected chi connectivity index (χ2v) is 2.67. The van der Waals surface area contributed by atoms with Crippen molar-refractivity contribution in [3.8, 4) is 11.5 Å². The molecule has 0 atom stereocenters. The number of aldehydes is 1. The minimum atomic E-state index is -0.560. The normalized spacial score (nSPS) is 9.40. The van der Waals surface area contributed by atoms with Crippen LogP contribution in [0.2, 0.25) is 0 Å². The summed E-state index contributed by atoms with van der Waals surface area (Å²) in [5, 5.41) is 9.29. The molecule has 0 radical (unpaired) electrons. The van der Waals surface area contributed by atoms with E-state index in [2.05, 4.69) is 4.74 Å². The van der Waals surface area contributed by atoms with Crippen LogP contribution in [0.25, 0.3) is 0 Å². The molecule has 0 saturated carbocycles. The lowest BCUT2D eigenvalue weighted by Crippen LogP contribution is -2.13. The van der Waals surface area contributed by atoms with Crippen LogP contribution in [0.3, 0.4) is 0 Å². The smallest absolute Gasteiger partial charge is 0.343 e. The highest BCUT2D eigenvalue weighted by Gasteiger charge is 2.09. The number of hydrogen-bond acceptors (Lipinski definition) is 5. The van der Waals surface area contributed by atoms with Crippen molar-refractivity contribution in [2.75, 3.05) is 13.7 Å². The molecule has 0 aromatic heterocycles. The summed E-state index contributed by atoms with van der Waals surface area (Å²) in [7, 11) is 1.23. The van der Waals surface area contributed by atoms with Crippen LogP contribution < -0.4 is 4.74 Å². The third-order valence-electron chi connectivity index (χ3n) is 1.73. The molecule has 0 aliphatic carbocycles. The number of aromatic hydroxyl groups is 1. The molecule has 0 spiro atoms. The van der Waals surface area contributed by atoms with Gasteiger partial charge in [-0.05, 0) is 12.1 Å². The average molecular weight is 210 g/mol. The Morgan fingerprint density at radius 3 is 2.87 bits per heavy atom. The van der Waals surface area contributed by atoms with Gasteiger partial charge >= 0.3 is 5.97 Å². The molecule has 80 valence electrons. The molecule has 5 heteroatoms. The van der Waals surface area contributed by atoms with Crippen molar-refractivity contribution in [1.82, 2.24) is 0 Å². The van der Waals surface area contributed by atoms with Crippen molar-refractivity contribution in [2.45, 2.75) is 0 Å². The van der Waals surface area contributed by atoms with Crippen molar-refractivity contribution < 1.29 is 24.2 Å². The van der Waals surface area contributed by atoms with E-state index in [4.69, 9.17) is 4.74 Å². The Kier molecular flexibility index (Phi) is 3.68. The van der Waals surface area contributed by atoms with Crippen molar-refractivity contribution >= 4 is 12.3 Å². The first kappa shape index (κ1) is 11.0. The van der Waals surface area contributed by atoms with Gasteiger partial charge in [0.2, 0.25) is 0 Å². The van der Waals surface area contributed by atoms with Crippen molar-refractivity contribution in [3.63, 3.8) is 0 Å². The van der Waals surface area contributed by atoms with Gasteiger partial charge in [-0.1, -0.05) is 6.07 Å². The summed E-state index contributed by atoms with van der Waals surface area (Å²) >= 11 is 0. The zero-order chi connectivity index (χ0) is 11.3. The molecule has 5 nitrogen and oxygen atoms in total. The lowest BCUT2D eigenvalue weighted by Gasteiger charge is -2.07. The number of methoxy groups -OCH3 is 1. The Morgan fingerprint density at radius 1 is 1.53 bits per heavy atom. The predicted molar refractivity (Wildman–Crippen MR) is 51.0 cm³/mol. The summed E-state index contributed by atoms with van der Waals surface area (Å²) in [5.74, 6) is -0.599. The lowest BCUT2D eigenvalue weighted by molar-refractivity contribution is -0.142. The number of carbonyl (C=O) groups is 2. The van der Waals surface area contributed by atoms with Crippen LogP contribution >= 0.6 is 0 Å². The third kappa shape index (κ3) is 2.70. The number of phenolic OH excluding ortho intramolecular Hbond substituents is 1. The van der Waals surface area contributed by atoms with Gasteiger partial charge in [-0.15, -0.1) is 0 Å². The fraction of sp³-hybridized carbons (Fsp3) is 0.200. The van der Waals surface area contributed by atoms with Crippen LogP contribution in [-0.4, -0.2) is 31.1 Å². The summed E-state index contributed by atoms with van der Waals surface area (Å²) in [4.78, 5) is 21.4. The van der Waals surface area contributed by atoms with Crippen LogP contribution in [0.4, 0.5) is 0 Å². The van der Waals surface area contributed by atoms with E-state index in [1.807, 2.05) is 0 Å². The summed E-state index contributed by atoms with van der Waals surface area (Å²) in [6.45, 7) is -0.305. The number of hydrogen-bond donors (Lipinski definition) is 1. The first-order chi connectivity index (χ1) is 7.19. The Hall–Kier alpha value is -2.04. The highest BCUT2D eigenvalue weighted by molar-refractivity contribution is 5.83. The van der Waals surface area contributed by atoms with Gasteiger partial charge in [-0.3, -0.25) is 4.79 Å². The Balaban J connectivity index is 2.80. The van der Waals surface area contributed by atoms with Gasteiger partial charge in [0.25, 0.3) is 0 Å². The predicted octanol–water partition coefficient (Wildman–Crippen LogP) is 0.756. The number of phenols is 1. The van der Waals surface area contributed by atoms with Crippen LogP contribution in [0.1, 0.15) is 10.4 Å². The maximum absolute atomic E-state index is 10.8. The molecule has 1 aromatic rings. The number of rotatable bonds is 4. The van der Waals surface area contributed by atoms with E-state index in [-0.39, 0.29) is 23.7 Å². The first-order valence-corrected chi connectivity index (χ1v) is 4.15. The van der Waals surface area contributed by atoms with E-state index in [9.17, 15) is 14.7 Å². The SMILES string of the molecule is COC(=O)COc1cccc(O)c1C=O. The molecular formula is C10H10O5. The molecule has 1 aromatic carbocycles. The summed E-state index contributed by atoms with van der Waals surface area (Å²) in [6, 6.07) is 4.34. The van der Waals surface area contributed by atoms with E-state index in [1.54, 1.807) is 0 Å². The maximum Gasteiger partial charge on any atom is 0.343 e. The Morgan fingerprint density at radius 2 is 2.27 bits per heavy atom. The molecular weight excluding hydrogens is 200 g/mol. The van der Waals surface area contributed by atoms with Crippen molar-refractivity contribution in [2.24, 2.45) is 0 Å².